The quantitative estimate of drug-likeness (QED) is 0.146. The van der Waals surface area contributed by atoms with Gasteiger partial charge in [-0.1, -0.05) is 81.1 Å². The highest BCUT2D eigenvalue weighted by atomic mass is 16.7. The van der Waals surface area contributed by atoms with Crippen LogP contribution < -0.4 is 0 Å². The Kier molecular flexibility index (Phi) is 18.6. The number of aliphatic hydroxyl groups excluding tert-OH is 1. The summed E-state index contributed by atoms with van der Waals surface area (Å²) in [6, 6.07) is 0. The smallest absolute Gasteiger partial charge is 0.186 e. The van der Waals surface area contributed by atoms with Crippen molar-refractivity contribution < 1.29 is 33.5 Å². The Morgan fingerprint density at radius 2 is 1.13 bits per heavy atom. The largest absolute Gasteiger partial charge is 0.396 e. The van der Waals surface area contributed by atoms with E-state index in [2.05, 4.69) is 55.4 Å². The van der Waals surface area contributed by atoms with E-state index in [0.29, 0.717) is 39.6 Å². The van der Waals surface area contributed by atoms with Crippen molar-refractivity contribution in [2.24, 2.45) is 10.8 Å². The van der Waals surface area contributed by atoms with Gasteiger partial charge in [0.1, 0.15) is 24.4 Å². The summed E-state index contributed by atoms with van der Waals surface area (Å²) in [5.74, 6) is 0. The van der Waals surface area contributed by atoms with Crippen molar-refractivity contribution in [3.8, 4) is 0 Å². The maximum atomic E-state index is 9.82. The molecule has 0 saturated carbocycles. The molecule has 0 amide bonds. The summed E-state index contributed by atoms with van der Waals surface area (Å²) in [7, 11) is 0. The lowest BCUT2D eigenvalue weighted by atomic mass is 9.76. The van der Waals surface area contributed by atoms with Crippen LogP contribution in [-0.4, -0.2) is 82.1 Å². The average Bonchev–Trinajstić information content (AvgIpc) is 2.87. The zero-order valence-corrected chi connectivity index (χ0v) is 26.1. The van der Waals surface area contributed by atoms with Gasteiger partial charge in [0, 0.05) is 33.0 Å². The van der Waals surface area contributed by atoms with Crippen molar-refractivity contribution >= 4 is 0 Å². The molecular formula is C31H62O7. The summed E-state index contributed by atoms with van der Waals surface area (Å²) >= 11 is 0. The molecule has 1 saturated heterocycles. The predicted octanol–water partition coefficient (Wildman–Crippen LogP) is 6.54. The van der Waals surface area contributed by atoms with E-state index in [9.17, 15) is 5.11 Å². The lowest BCUT2D eigenvalue weighted by Crippen LogP contribution is -2.62. The van der Waals surface area contributed by atoms with Crippen LogP contribution in [0.3, 0.4) is 0 Å². The topological polar surface area (TPSA) is 75.6 Å². The van der Waals surface area contributed by atoms with Crippen LogP contribution in [0, 0.1) is 10.8 Å². The van der Waals surface area contributed by atoms with Crippen LogP contribution in [0.2, 0.25) is 0 Å². The maximum Gasteiger partial charge on any atom is 0.186 e. The second-order valence-electron chi connectivity index (χ2n) is 12.5. The lowest BCUT2D eigenvalue weighted by molar-refractivity contribution is -0.327. The first-order valence-corrected chi connectivity index (χ1v) is 15.4. The van der Waals surface area contributed by atoms with E-state index in [0.717, 1.165) is 57.8 Å². The molecule has 7 heteroatoms. The summed E-state index contributed by atoms with van der Waals surface area (Å²) in [5, 5.41) is 9.82. The van der Waals surface area contributed by atoms with Gasteiger partial charge in [0.2, 0.25) is 0 Å². The maximum absolute atomic E-state index is 9.82. The molecule has 38 heavy (non-hydrogen) atoms. The molecule has 1 aliphatic rings. The molecule has 0 aliphatic carbocycles. The van der Waals surface area contributed by atoms with Gasteiger partial charge in [-0.2, -0.15) is 0 Å². The first-order valence-electron chi connectivity index (χ1n) is 15.4. The van der Waals surface area contributed by atoms with Gasteiger partial charge in [-0.3, -0.25) is 0 Å². The van der Waals surface area contributed by atoms with E-state index < -0.39 is 12.4 Å². The van der Waals surface area contributed by atoms with Crippen LogP contribution in [0.15, 0.2) is 0 Å². The Hall–Kier alpha value is -0.280. The van der Waals surface area contributed by atoms with E-state index in [-0.39, 0.29) is 35.7 Å². The second-order valence-corrected chi connectivity index (χ2v) is 12.5. The molecule has 1 heterocycles. The minimum Gasteiger partial charge on any atom is -0.396 e. The fraction of sp³-hybridized carbons (Fsp3) is 1.00. The van der Waals surface area contributed by atoms with Crippen molar-refractivity contribution in [3.63, 3.8) is 0 Å². The highest BCUT2D eigenvalue weighted by Crippen LogP contribution is 2.36. The summed E-state index contributed by atoms with van der Waals surface area (Å²) in [6.45, 7) is 20.9. The molecule has 7 nitrogen and oxygen atoms in total. The van der Waals surface area contributed by atoms with Gasteiger partial charge in [-0.15, -0.1) is 0 Å². The van der Waals surface area contributed by atoms with Crippen molar-refractivity contribution in [3.05, 3.63) is 0 Å². The van der Waals surface area contributed by atoms with Crippen molar-refractivity contribution in [1.29, 1.82) is 0 Å². The van der Waals surface area contributed by atoms with E-state index >= 15 is 0 Å². The number of hydrogen-bond donors (Lipinski definition) is 1. The Morgan fingerprint density at radius 3 is 1.66 bits per heavy atom. The zero-order valence-electron chi connectivity index (χ0n) is 26.1. The van der Waals surface area contributed by atoms with Gasteiger partial charge in [-0.25, -0.2) is 0 Å². The molecule has 1 fully saturated rings. The Morgan fingerprint density at radius 1 is 0.632 bits per heavy atom. The summed E-state index contributed by atoms with van der Waals surface area (Å²) in [4.78, 5) is 0. The Bertz CT molecular complexity index is 568. The third-order valence-electron chi connectivity index (χ3n) is 6.96. The standard InChI is InChI=1S/C31H62O7/c1-9-13-17-33-21-25-26(34-18-14-10-2)27(35-19-15-11-3)28(36-20-16-12-4)29(38-25)37-24-31(7,8)22-30(5,6)23-32/h25-29,32H,9-24H2,1-8H3/t25?,26-,27?,28?,29+/m0/s1. The van der Waals surface area contributed by atoms with Crippen LogP contribution in [-0.2, 0) is 28.4 Å². The van der Waals surface area contributed by atoms with Gasteiger partial charge in [0.05, 0.1) is 13.2 Å². The molecule has 0 aromatic rings. The van der Waals surface area contributed by atoms with Crippen molar-refractivity contribution in [2.45, 2.75) is 144 Å². The predicted molar refractivity (Wildman–Crippen MR) is 154 cm³/mol. The molecule has 0 aromatic carbocycles. The second kappa shape index (κ2) is 19.7. The third-order valence-corrected chi connectivity index (χ3v) is 6.96. The van der Waals surface area contributed by atoms with E-state index in [1.807, 2.05) is 0 Å². The highest BCUT2D eigenvalue weighted by molar-refractivity contribution is 4.93. The van der Waals surface area contributed by atoms with Crippen molar-refractivity contribution in [1.82, 2.24) is 0 Å². The van der Waals surface area contributed by atoms with E-state index in [1.165, 1.54) is 0 Å². The number of ether oxygens (including phenoxy) is 6. The summed E-state index contributed by atoms with van der Waals surface area (Å²) < 4.78 is 38.6. The van der Waals surface area contributed by atoms with Gasteiger partial charge in [-0.05, 0) is 42.9 Å². The molecule has 1 aliphatic heterocycles. The summed E-state index contributed by atoms with van der Waals surface area (Å²) in [5.41, 5.74) is -0.333. The fourth-order valence-electron chi connectivity index (χ4n) is 4.96. The molecule has 228 valence electrons. The molecule has 0 bridgehead atoms. The van der Waals surface area contributed by atoms with Crippen LogP contribution in [0.4, 0.5) is 0 Å². The normalized spacial score (nSPS) is 24.7. The van der Waals surface area contributed by atoms with Crippen LogP contribution in [0.1, 0.15) is 113 Å². The molecule has 5 atom stereocenters. The van der Waals surface area contributed by atoms with Crippen LogP contribution in [0.5, 0.6) is 0 Å². The highest BCUT2D eigenvalue weighted by Gasteiger charge is 2.49. The first-order chi connectivity index (χ1) is 18.1. The molecule has 0 aromatic heterocycles. The minimum absolute atomic E-state index is 0.139. The first kappa shape index (κ1) is 35.7. The number of hydrogen-bond acceptors (Lipinski definition) is 7. The summed E-state index contributed by atoms with van der Waals surface area (Å²) in [6.07, 6.45) is 7.17. The zero-order chi connectivity index (χ0) is 28.4. The number of unbranched alkanes of at least 4 members (excludes halogenated alkanes) is 4. The molecule has 0 spiro atoms. The molecule has 0 radical (unpaired) electrons. The van der Waals surface area contributed by atoms with Crippen molar-refractivity contribution in [2.75, 3.05) is 46.2 Å². The molecule has 3 unspecified atom stereocenters. The van der Waals surface area contributed by atoms with Gasteiger partial charge < -0.3 is 33.5 Å². The van der Waals surface area contributed by atoms with Gasteiger partial charge >= 0.3 is 0 Å². The third kappa shape index (κ3) is 13.9. The average molecular weight is 547 g/mol. The van der Waals surface area contributed by atoms with E-state index in [1.54, 1.807) is 0 Å². The minimum atomic E-state index is -0.583. The van der Waals surface area contributed by atoms with Gasteiger partial charge in [0.15, 0.2) is 6.29 Å². The number of aliphatic hydroxyl groups is 1. The fourth-order valence-corrected chi connectivity index (χ4v) is 4.96. The van der Waals surface area contributed by atoms with Crippen LogP contribution >= 0.6 is 0 Å². The molecular weight excluding hydrogens is 484 g/mol. The lowest BCUT2D eigenvalue weighted by Gasteiger charge is -2.46. The molecule has 1 N–H and O–H groups in total. The van der Waals surface area contributed by atoms with Gasteiger partial charge in [0.25, 0.3) is 0 Å². The monoisotopic (exact) mass is 546 g/mol. The molecule has 1 rings (SSSR count). The van der Waals surface area contributed by atoms with Crippen LogP contribution in [0.25, 0.3) is 0 Å². The Labute approximate surface area is 234 Å². The SMILES string of the molecule is CCCCOCC1O[C@@H](OCC(C)(C)CC(C)(C)CO)C(OCCCC)C(OCCCC)[C@H]1OCCCC. The Balaban J connectivity index is 3.19. The number of rotatable bonds is 23. The van der Waals surface area contributed by atoms with E-state index in [4.69, 9.17) is 28.4 Å².